The van der Waals surface area contributed by atoms with E-state index in [4.69, 9.17) is 14.2 Å². The van der Waals surface area contributed by atoms with Crippen LogP contribution in [0.4, 0.5) is 0 Å². The number of hydrogen-bond donors (Lipinski definition) is 1. The van der Waals surface area contributed by atoms with Crippen LogP contribution in [0.1, 0.15) is 5.56 Å². The molecule has 2 aromatic rings. The van der Waals surface area contributed by atoms with Crippen LogP contribution in [0.25, 0.3) is 0 Å². The Morgan fingerprint density at radius 2 is 1.50 bits per heavy atom. The Labute approximate surface area is 149 Å². The highest BCUT2D eigenvalue weighted by Gasteiger charge is 2.16. The van der Waals surface area contributed by atoms with Crippen molar-refractivity contribution in [2.75, 3.05) is 21.3 Å². The minimum Gasteiger partial charge on any atom is -0.493 e. The molecular weight excluding hydrogens is 398 g/mol. The van der Waals surface area contributed by atoms with Gasteiger partial charge in [-0.3, -0.25) is 0 Å². The summed E-state index contributed by atoms with van der Waals surface area (Å²) in [7, 11) is 0.910. The molecule has 24 heavy (non-hydrogen) atoms. The van der Waals surface area contributed by atoms with E-state index in [-0.39, 0.29) is 11.4 Å². The molecule has 0 radical (unpaired) electrons. The summed E-state index contributed by atoms with van der Waals surface area (Å²) < 4.78 is 43.8. The van der Waals surface area contributed by atoms with Gasteiger partial charge in [-0.2, -0.15) is 0 Å². The van der Waals surface area contributed by atoms with Gasteiger partial charge in [0.05, 0.1) is 26.2 Å². The van der Waals surface area contributed by atoms with Crippen molar-refractivity contribution in [2.24, 2.45) is 0 Å². The molecule has 0 heterocycles. The molecule has 0 atom stereocenters. The van der Waals surface area contributed by atoms with E-state index < -0.39 is 10.0 Å². The minimum absolute atomic E-state index is 0.0924. The molecule has 0 aliphatic heterocycles. The summed E-state index contributed by atoms with van der Waals surface area (Å²) in [4.78, 5) is 0.193. The monoisotopic (exact) mass is 415 g/mol. The topological polar surface area (TPSA) is 73.9 Å². The third-order valence-corrected chi connectivity index (χ3v) is 5.26. The molecular formula is C16H18BrNO5S. The zero-order chi connectivity index (χ0) is 17.7. The number of hydrogen-bond acceptors (Lipinski definition) is 5. The summed E-state index contributed by atoms with van der Waals surface area (Å²) >= 11 is 3.28. The third kappa shape index (κ3) is 4.19. The molecule has 130 valence electrons. The Morgan fingerprint density at radius 3 is 1.96 bits per heavy atom. The first kappa shape index (κ1) is 18.6. The Bertz CT molecular complexity index is 781. The summed E-state index contributed by atoms with van der Waals surface area (Å²) in [5.74, 6) is 1.39. The lowest BCUT2D eigenvalue weighted by molar-refractivity contribution is 0.323. The Morgan fingerprint density at radius 1 is 0.958 bits per heavy atom. The average molecular weight is 416 g/mol. The highest BCUT2D eigenvalue weighted by molar-refractivity contribution is 9.10. The molecule has 0 aliphatic rings. The minimum atomic E-state index is -3.61. The molecule has 0 aromatic heterocycles. The molecule has 0 aliphatic carbocycles. The van der Waals surface area contributed by atoms with E-state index in [1.54, 1.807) is 24.3 Å². The average Bonchev–Trinajstić information content (AvgIpc) is 2.59. The van der Waals surface area contributed by atoms with E-state index in [1.807, 2.05) is 0 Å². The number of ether oxygens (including phenoxy) is 3. The second kappa shape index (κ2) is 7.87. The molecule has 0 saturated carbocycles. The van der Waals surface area contributed by atoms with Crippen molar-refractivity contribution < 1.29 is 22.6 Å². The molecule has 6 nitrogen and oxygen atoms in total. The number of methoxy groups -OCH3 is 3. The van der Waals surface area contributed by atoms with Crippen molar-refractivity contribution >= 4 is 26.0 Å². The molecule has 0 fully saturated rings. The molecule has 0 saturated heterocycles. The van der Waals surface area contributed by atoms with E-state index in [0.29, 0.717) is 22.8 Å². The van der Waals surface area contributed by atoms with Crippen LogP contribution < -0.4 is 18.9 Å². The first-order valence-electron chi connectivity index (χ1n) is 6.95. The van der Waals surface area contributed by atoms with E-state index in [2.05, 4.69) is 20.7 Å². The maximum absolute atomic E-state index is 12.3. The zero-order valence-electron chi connectivity index (χ0n) is 13.5. The van der Waals surface area contributed by atoms with Crippen molar-refractivity contribution in [1.82, 2.24) is 4.72 Å². The van der Waals surface area contributed by atoms with Crippen LogP contribution in [0.5, 0.6) is 17.2 Å². The quantitative estimate of drug-likeness (QED) is 0.752. The number of nitrogens with one attached hydrogen (secondary N) is 1. The van der Waals surface area contributed by atoms with Gasteiger partial charge in [0.2, 0.25) is 15.8 Å². The molecule has 2 aromatic carbocycles. The number of halogens is 1. The Balaban J connectivity index is 2.23. The van der Waals surface area contributed by atoms with Crippen molar-refractivity contribution in [1.29, 1.82) is 0 Å². The van der Waals surface area contributed by atoms with Crippen molar-refractivity contribution in [2.45, 2.75) is 11.4 Å². The second-order valence-corrected chi connectivity index (χ2v) is 7.49. The molecule has 1 N–H and O–H groups in total. The van der Waals surface area contributed by atoms with E-state index >= 15 is 0 Å². The lowest BCUT2D eigenvalue weighted by Gasteiger charge is -2.14. The largest absolute Gasteiger partial charge is 0.493 e. The summed E-state index contributed by atoms with van der Waals surface area (Å²) in [5.41, 5.74) is 0.685. The zero-order valence-corrected chi connectivity index (χ0v) is 15.9. The number of sulfonamides is 1. The number of rotatable bonds is 7. The normalized spacial score (nSPS) is 11.2. The SMILES string of the molecule is COc1cc(CNS(=O)(=O)c2ccc(Br)cc2)cc(OC)c1OC. The van der Waals surface area contributed by atoms with Gasteiger partial charge in [0.15, 0.2) is 11.5 Å². The predicted molar refractivity (Wildman–Crippen MR) is 94.3 cm³/mol. The van der Waals surface area contributed by atoms with Crippen molar-refractivity contribution in [3.63, 3.8) is 0 Å². The lowest BCUT2D eigenvalue weighted by atomic mass is 10.2. The second-order valence-electron chi connectivity index (χ2n) is 4.81. The lowest BCUT2D eigenvalue weighted by Crippen LogP contribution is -2.23. The maximum Gasteiger partial charge on any atom is 0.240 e. The van der Waals surface area contributed by atoms with Gasteiger partial charge >= 0.3 is 0 Å². The Kier molecular flexibility index (Phi) is 6.09. The number of benzene rings is 2. The van der Waals surface area contributed by atoms with Gasteiger partial charge in [-0.05, 0) is 42.0 Å². The van der Waals surface area contributed by atoms with E-state index in [9.17, 15) is 8.42 Å². The van der Waals surface area contributed by atoms with Gasteiger partial charge in [0.25, 0.3) is 0 Å². The maximum atomic E-state index is 12.3. The first-order chi connectivity index (χ1) is 11.4. The molecule has 8 heteroatoms. The smallest absolute Gasteiger partial charge is 0.240 e. The molecule has 0 amide bonds. The summed E-state index contributed by atoms with van der Waals surface area (Å²) in [6.07, 6.45) is 0. The van der Waals surface area contributed by atoms with Crippen molar-refractivity contribution in [3.05, 3.63) is 46.4 Å². The highest BCUT2D eigenvalue weighted by atomic mass is 79.9. The summed E-state index contributed by atoms with van der Waals surface area (Å²) in [5, 5.41) is 0. The fraction of sp³-hybridized carbons (Fsp3) is 0.250. The van der Waals surface area contributed by atoms with Crippen LogP contribution in [0.15, 0.2) is 45.8 Å². The van der Waals surface area contributed by atoms with Gasteiger partial charge in [-0.15, -0.1) is 0 Å². The van der Waals surface area contributed by atoms with Gasteiger partial charge in [0, 0.05) is 11.0 Å². The van der Waals surface area contributed by atoms with Crippen LogP contribution in [-0.4, -0.2) is 29.7 Å². The van der Waals surface area contributed by atoms with Gasteiger partial charge in [0.1, 0.15) is 0 Å². The predicted octanol–water partition coefficient (Wildman–Crippen LogP) is 2.95. The molecule has 2 rings (SSSR count). The van der Waals surface area contributed by atoms with Crippen LogP contribution in [0.2, 0.25) is 0 Å². The van der Waals surface area contributed by atoms with Gasteiger partial charge in [-0.25, -0.2) is 13.1 Å². The van der Waals surface area contributed by atoms with E-state index in [0.717, 1.165) is 4.47 Å². The molecule has 0 spiro atoms. The van der Waals surface area contributed by atoms with Gasteiger partial charge in [-0.1, -0.05) is 15.9 Å². The summed E-state index contributed by atoms with van der Waals surface area (Å²) in [6.45, 7) is 0.0924. The van der Waals surface area contributed by atoms with E-state index in [1.165, 1.54) is 33.5 Å². The standard InChI is InChI=1S/C16H18BrNO5S/c1-21-14-8-11(9-15(22-2)16(14)23-3)10-18-24(19,20)13-6-4-12(17)5-7-13/h4-9,18H,10H2,1-3H3. The molecule has 0 unspecified atom stereocenters. The summed E-state index contributed by atoms with van der Waals surface area (Å²) in [6, 6.07) is 9.81. The van der Waals surface area contributed by atoms with Crippen LogP contribution in [-0.2, 0) is 16.6 Å². The fourth-order valence-corrected chi connectivity index (χ4v) is 3.39. The van der Waals surface area contributed by atoms with Gasteiger partial charge < -0.3 is 14.2 Å². The molecule has 0 bridgehead atoms. The fourth-order valence-electron chi connectivity index (χ4n) is 2.11. The van der Waals surface area contributed by atoms with Crippen LogP contribution >= 0.6 is 15.9 Å². The van der Waals surface area contributed by atoms with Crippen LogP contribution in [0, 0.1) is 0 Å². The van der Waals surface area contributed by atoms with Crippen LogP contribution in [0.3, 0.4) is 0 Å². The first-order valence-corrected chi connectivity index (χ1v) is 9.23. The highest BCUT2D eigenvalue weighted by Crippen LogP contribution is 2.38. The Hall–Kier alpha value is -1.77. The van der Waals surface area contributed by atoms with Crippen molar-refractivity contribution in [3.8, 4) is 17.2 Å². The third-order valence-electron chi connectivity index (χ3n) is 3.31.